The van der Waals surface area contributed by atoms with Crippen molar-refractivity contribution < 1.29 is 17.9 Å². The molecule has 0 fully saturated rings. The van der Waals surface area contributed by atoms with Crippen molar-refractivity contribution in [3.8, 4) is 0 Å². The summed E-state index contributed by atoms with van der Waals surface area (Å²) in [6, 6.07) is 6.35. The number of hydrogen-bond acceptors (Lipinski definition) is 4. The van der Waals surface area contributed by atoms with Crippen molar-refractivity contribution in [3.63, 3.8) is 0 Å². The quantitative estimate of drug-likeness (QED) is 0.737. The third-order valence-electron chi connectivity index (χ3n) is 2.46. The molecule has 0 saturated carbocycles. The van der Waals surface area contributed by atoms with Crippen LogP contribution in [0.1, 0.15) is 13.3 Å². The van der Waals surface area contributed by atoms with Gasteiger partial charge in [0.25, 0.3) is 0 Å². The zero-order valence-corrected chi connectivity index (χ0v) is 13.2. The van der Waals surface area contributed by atoms with Gasteiger partial charge in [-0.25, -0.2) is 12.7 Å². The van der Waals surface area contributed by atoms with E-state index in [4.69, 9.17) is 4.74 Å². The summed E-state index contributed by atoms with van der Waals surface area (Å²) in [4.78, 5) is 11.4. The molecule has 1 aromatic carbocycles. The molecule has 0 N–H and O–H groups in total. The van der Waals surface area contributed by atoms with Gasteiger partial charge in [0.15, 0.2) is 0 Å². The topological polar surface area (TPSA) is 63.7 Å². The van der Waals surface area contributed by atoms with Gasteiger partial charge in [0, 0.05) is 18.1 Å². The van der Waals surface area contributed by atoms with Gasteiger partial charge in [-0.2, -0.15) is 0 Å². The van der Waals surface area contributed by atoms with E-state index in [0.29, 0.717) is 6.61 Å². The third-order valence-corrected chi connectivity index (χ3v) is 4.86. The minimum Gasteiger partial charge on any atom is -0.466 e. The zero-order valence-electron chi connectivity index (χ0n) is 10.8. The Labute approximate surface area is 121 Å². The summed E-state index contributed by atoms with van der Waals surface area (Å²) < 4.78 is 31.1. The number of rotatable bonds is 6. The van der Waals surface area contributed by atoms with Crippen molar-refractivity contribution in [3.05, 3.63) is 28.7 Å². The van der Waals surface area contributed by atoms with Crippen LogP contribution in [0.25, 0.3) is 0 Å². The first-order chi connectivity index (χ1) is 8.87. The second kappa shape index (κ2) is 7.02. The van der Waals surface area contributed by atoms with Crippen LogP contribution in [-0.4, -0.2) is 38.9 Å². The Morgan fingerprint density at radius 2 is 1.89 bits per heavy atom. The standard InChI is InChI=1S/C12H16BrNO4S/c1-3-18-12(15)8-9-14(2)19(16,17)11-6-4-10(13)5-7-11/h4-7H,3,8-9H2,1-2H3. The van der Waals surface area contributed by atoms with Gasteiger partial charge in [0.1, 0.15) is 0 Å². The van der Waals surface area contributed by atoms with E-state index in [-0.39, 0.29) is 17.9 Å². The SMILES string of the molecule is CCOC(=O)CCN(C)S(=O)(=O)c1ccc(Br)cc1. The molecule has 0 radical (unpaired) electrons. The lowest BCUT2D eigenvalue weighted by molar-refractivity contribution is -0.143. The summed E-state index contributed by atoms with van der Waals surface area (Å²) in [5.41, 5.74) is 0. The fraction of sp³-hybridized carbons (Fsp3) is 0.417. The Morgan fingerprint density at radius 1 is 1.32 bits per heavy atom. The average molecular weight is 350 g/mol. The van der Waals surface area contributed by atoms with Crippen molar-refractivity contribution in [2.45, 2.75) is 18.2 Å². The molecule has 0 unspecified atom stereocenters. The second-order valence-corrected chi connectivity index (χ2v) is 6.80. The summed E-state index contributed by atoms with van der Waals surface area (Å²) in [5.74, 6) is -0.402. The summed E-state index contributed by atoms with van der Waals surface area (Å²) in [6.07, 6.45) is 0.0418. The van der Waals surface area contributed by atoms with E-state index in [1.165, 1.54) is 19.2 Å². The van der Waals surface area contributed by atoms with E-state index in [9.17, 15) is 13.2 Å². The van der Waals surface area contributed by atoms with Gasteiger partial charge in [-0.15, -0.1) is 0 Å². The number of sulfonamides is 1. The molecule has 0 aliphatic carbocycles. The summed E-state index contributed by atoms with van der Waals surface area (Å²) in [7, 11) is -2.12. The molecule has 5 nitrogen and oxygen atoms in total. The van der Waals surface area contributed by atoms with Gasteiger partial charge in [-0.1, -0.05) is 15.9 Å². The molecular weight excluding hydrogens is 334 g/mol. The highest BCUT2D eigenvalue weighted by Crippen LogP contribution is 2.17. The molecule has 1 aromatic rings. The lowest BCUT2D eigenvalue weighted by atomic mass is 10.4. The van der Waals surface area contributed by atoms with E-state index < -0.39 is 16.0 Å². The summed E-state index contributed by atoms with van der Waals surface area (Å²) in [5, 5.41) is 0. The fourth-order valence-electron chi connectivity index (χ4n) is 1.39. The van der Waals surface area contributed by atoms with Crippen molar-refractivity contribution in [2.75, 3.05) is 20.2 Å². The van der Waals surface area contributed by atoms with Crippen LogP contribution in [0.5, 0.6) is 0 Å². The van der Waals surface area contributed by atoms with Crippen LogP contribution in [0.15, 0.2) is 33.6 Å². The number of esters is 1. The first-order valence-corrected chi connectivity index (χ1v) is 7.98. The van der Waals surface area contributed by atoms with Crippen LogP contribution in [0.2, 0.25) is 0 Å². The first-order valence-electron chi connectivity index (χ1n) is 5.75. The zero-order chi connectivity index (χ0) is 14.5. The van der Waals surface area contributed by atoms with Gasteiger partial charge >= 0.3 is 5.97 Å². The van der Waals surface area contributed by atoms with E-state index in [2.05, 4.69) is 15.9 Å². The number of hydrogen-bond donors (Lipinski definition) is 0. The molecule has 0 spiro atoms. The molecule has 0 amide bonds. The number of ether oxygens (including phenoxy) is 1. The van der Waals surface area contributed by atoms with Crippen LogP contribution in [0, 0.1) is 0 Å². The molecule has 0 aliphatic rings. The largest absolute Gasteiger partial charge is 0.466 e. The number of halogens is 1. The Kier molecular flexibility index (Phi) is 5.96. The molecule has 0 atom stereocenters. The molecule has 19 heavy (non-hydrogen) atoms. The van der Waals surface area contributed by atoms with Crippen molar-refractivity contribution in [1.82, 2.24) is 4.31 Å². The Hall–Kier alpha value is -0.920. The minimum atomic E-state index is -3.56. The Balaban J connectivity index is 2.72. The van der Waals surface area contributed by atoms with E-state index in [1.54, 1.807) is 19.1 Å². The lowest BCUT2D eigenvalue weighted by Crippen LogP contribution is -2.29. The van der Waals surface area contributed by atoms with Gasteiger partial charge in [-0.3, -0.25) is 4.79 Å². The predicted octanol–water partition coefficient (Wildman–Crippen LogP) is 2.02. The monoisotopic (exact) mass is 349 g/mol. The highest BCUT2D eigenvalue weighted by Gasteiger charge is 2.21. The smallest absolute Gasteiger partial charge is 0.307 e. The maximum atomic E-state index is 12.2. The Morgan fingerprint density at radius 3 is 2.42 bits per heavy atom. The molecule has 106 valence electrons. The summed E-state index contributed by atoms with van der Waals surface area (Å²) in [6.45, 7) is 2.10. The van der Waals surface area contributed by atoms with Crippen molar-refractivity contribution >= 4 is 31.9 Å². The third kappa shape index (κ3) is 4.59. The molecule has 0 saturated heterocycles. The molecule has 1 rings (SSSR count). The van der Waals surface area contributed by atoms with Crippen molar-refractivity contribution in [1.29, 1.82) is 0 Å². The van der Waals surface area contributed by atoms with Crippen LogP contribution in [0.4, 0.5) is 0 Å². The highest BCUT2D eigenvalue weighted by molar-refractivity contribution is 9.10. The molecule has 7 heteroatoms. The molecule has 0 heterocycles. The minimum absolute atomic E-state index is 0.0418. The molecule has 0 bridgehead atoms. The van der Waals surface area contributed by atoms with Gasteiger partial charge in [0.05, 0.1) is 17.9 Å². The van der Waals surface area contributed by atoms with E-state index in [1.807, 2.05) is 0 Å². The van der Waals surface area contributed by atoms with Crippen LogP contribution >= 0.6 is 15.9 Å². The van der Waals surface area contributed by atoms with Gasteiger partial charge < -0.3 is 4.74 Å². The highest BCUT2D eigenvalue weighted by atomic mass is 79.9. The van der Waals surface area contributed by atoms with Crippen LogP contribution < -0.4 is 0 Å². The van der Waals surface area contributed by atoms with E-state index >= 15 is 0 Å². The number of carbonyl (C=O) groups is 1. The maximum absolute atomic E-state index is 12.2. The van der Waals surface area contributed by atoms with Crippen molar-refractivity contribution in [2.24, 2.45) is 0 Å². The summed E-state index contributed by atoms with van der Waals surface area (Å²) >= 11 is 3.25. The maximum Gasteiger partial charge on any atom is 0.307 e. The van der Waals surface area contributed by atoms with E-state index in [0.717, 1.165) is 8.78 Å². The normalized spacial score (nSPS) is 11.6. The first kappa shape index (κ1) is 16.1. The molecular formula is C12H16BrNO4S. The van der Waals surface area contributed by atoms with Gasteiger partial charge in [0.2, 0.25) is 10.0 Å². The number of nitrogens with zero attached hydrogens (tertiary/aromatic N) is 1. The predicted molar refractivity (Wildman–Crippen MR) is 75.2 cm³/mol. The number of carbonyl (C=O) groups excluding carboxylic acids is 1. The van der Waals surface area contributed by atoms with Gasteiger partial charge in [-0.05, 0) is 31.2 Å². The second-order valence-electron chi connectivity index (χ2n) is 3.84. The fourth-order valence-corrected chi connectivity index (χ4v) is 2.82. The average Bonchev–Trinajstić information content (AvgIpc) is 2.36. The molecule has 0 aliphatic heterocycles. The lowest BCUT2D eigenvalue weighted by Gasteiger charge is -2.16. The van der Waals surface area contributed by atoms with Crippen LogP contribution in [0.3, 0.4) is 0 Å². The number of benzene rings is 1. The Bertz CT molecular complexity index is 527. The van der Waals surface area contributed by atoms with Crippen LogP contribution in [-0.2, 0) is 19.6 Å². The molecule has 0 aromatic heterocycles.